The van der Waals surface area contributed by atoms with Gasteiger partial charge in [0.2, 0.25) is 0 Å². The van der Waals surface area contributed by atoms with Gasteiger partial charge in [-0.1, -0.05) is 53.7 Å². The van der Waals surface area contributed by atoms with Crippen molar-refractivity contribution in [2.24, 2.45) is 0 Å². The lowest BCUT2D eigenvalue weighted by molar-refractivity contribution is -0.136. The van der Waals surface area contributed by atoms with Gasteiger partial charge in [0.1, 0.15) is 17.4 Å². The minimum atomic E-state index is -0.647. The molecule has 0 aliphatic carbocycles. The number of nitrogens with one attached hydrogen (secondary N) is 2. The molecule has 0 fully saturated rings. The molecule has 1 aliphatic rings. The molecular formula is C24H32N4O4. The number of methoxy groups -OCH3 is 1. The Morgan fingerprint density at radius 3 is 2.12 bits per heavy atom. The smallest absolute Gasteiger partial charge is 0.348 e. The molecule has 1 atom stereocenters. The Labute approximate surface area is 187 Å². The topological polar surface area (TPSA) is 130 Å². The van der Waals surface area contributed by atoms with Gasteiger partial charge in [-0.2, -0.15) is 4.98 Å². The highest BCUT2D eigenvalue weighted by molar-refractivity contribution is 5.95. The Morgan fingerprint density at radius 2 is 1.66 bits per heavy atom. The molecule has 5 N–H and O–H groups in total. The zero-order chi connectivity index (χ0) is 24.2. The van der Waals surface area contributed by atoms with Crippen LogP contribution in [0.3, 0.4) is 0 Å². The second-order valence-electron chi connectivity index (χ2n) is 10.3. The standard InChI is InChI=1S/C24H32N4O4/c1-11-15(21(30)32-8)16(17-19(25)27-22(31)28-20(17)26-11)12-9-13(23(2,3)4)18(29)14(10-12)24(5,6)7/h9-10,16,29H,1-8H3,(H4,25,26,27,28,31). The molecule has 1 aliphatic heterocycles. The van der Waals surface area contributed by atoms with Gasteiger partial charge in [0.15, 0.2) is 0 Å². The molecule has 0 amide bonds. The maximum absolute atomic E-state index is 12.9. The van der Waals surface area contributed by atoms with Crippen molar-refractivity contribution in [3.05, 3.63) is 56.1 Å². The Hall–Kier alpha value is -3.29. The van der Waals surface area contributed by atoms with E-state index in [1.165, 1.54) is 7.11 Å². The molecule has 172 valence electrons. The fraction of sp³-hybridized carbons (Fsp3) is 0.458. The van der Waals surface area contributed by atoms with Crippen LogP contribution in [0.2, 0.25) is 0 Å². The highest BCUT2D eigenvalue weighted by atomic mass is 16.5. The van der Waals surface area contributed by atoms with Crippen molar-refractivity contribution in [3.63, 3.8) is 0 Å². The van der Waals surface area contributed by atoms with E-state index >= 15 is 0 Å². The van der Waals surface area contributed by atoms with Crippen LogP contribution in [0.1, 0.15) is 76.6 Å². The molecule has 0 saturated carbocycles. The molecule has 8 heteroatoms. The van der Waals surface area contributed by atoms with Crippen molar-refractivity contribution >= 4 is 17.6 Å². The summed E-state index contributed by atoms with van der Waals surface area (Å²) in [6, 6.07) is 3.79. The third-order valence-corrected chi connectivity index (χ3v) is 5.77. The van der Waals surface area contributed by atoms with Gasteiger partial charge >= 0.3 is 11.7 Å². The third kappa shape index (κ3) is 3.97. The Balaban J connectivity index is 2.45. The molecule has 0 bridgehead atoms. The maximum atomic E-state index is 12.9. The number of H-pyrrole nitrogens is 1. The molecule has 2 aromatic rings. The summed E-state index contributed by atoms with van der Waals surface area (Å²) in [5.41, 5.74) is 8.54. The summed E-state index contributed by atoms with van der Waals surface area (Å²) in [4.78, 5) is 31.4. The summed E-state index contributed by atoms with van der Waals surface area (Å²) >= 11 is 0. The molecule has 2 heterocycles. The van der Waals surface area contributed by atoms with Crippen LogP contribution < -0.4 is 16.7 Å². The lowest BCUT2D eigenvalue weighted by Crippen LogP contribution is -2.29. The number of allylic oxidation sites excluding steroid dienone is 1. The number of carbonyl (C=O) groups is 1. The minimum absolute atomic E-state index is 0.120. The van der Waals surface area contributed by atoms with Gasteiger partial charge in [-0.05, 0) is 34.4 Å². The van der Waals surface area contributed by atoms with Gasteiger partial charge < -0.3 is 20.9 Å². The summed E-state index contributed by atoms with van der Waals surface area (Å²) in [5, 5.41) is 14.2. The summed E-state index contributed by atoms with van der Waals surface area (Å²) in [6.07, 6.45) is 0. The number of benzene rings is 1. The number of anilines is 2. The summed E-state index contributed by atoms with van der Waals surface area (Å²) in [7, 11) is 1.32. The lowest BCUT2D eigenvalue weighted by Gasteiger charge is -2.33. The number of esters is 1. The van der Waals surface area contributed by atoms with Crippen LogP contribution in [0.5, 0.6) is 5.75 Å². The van der Waals surface area contributed by atoms with E-state index < -0.39 is 17.6 Å². The molecule has 32 heavy (non-hydrogen) atoms. The number of aromatic hydroxyl groups is 1. The number of aromatic amines is 1. The Morgan fingerprint density at radius 1 is 1.12 bits per heavy atom. The quantitative estimate of drug-likeness (QED) is 0.524. The molecule has 8 nitrogen and oxygen atoms in total. The predicted octanol–water partition coefficient (Wildman–Crippen LogP) is 3.66. The van der Waals surface area contributed by atoms with Crippen molar-refractivity contribution in [2.75, 3.05) is 18.2 Å². The van der Waals surface area contributed by atoms with E-state index in [9.17, 15) is 14.7 Å². The number of rotatable bonds is 2. The van der Waals surface area contributed by atoms with Gasteiger partial charge in [-0.25, -0.2) is 9.59 Å². The van der Waals surface area contributed by atoms with E-state index in [2.05, 4.69) is 15.3 Å². The van der Waals surface area contributed by atoms with E-state index in [-0.39, 0.29) is 22.4 Å². The molecule has 1 aromatic heterocycles. The second-order valence-corrected chi connectivity index (χ2v) is 10.3. The van der Waals surface area contributed by atoms with Crippen LogP contribution in [0, 0.1) is 0 Å². The predicted molar refractivity (Wildman–Crippen MR) is 125 cm³/mol. The number of hydrogen-bond acceptors (Lipinski definition) is 7. The number of aromatic nitrogens is 2. The monoisotopic (exact) mass is 440 g/mol. The van der Waals surface area contributed by atoms with Gasteiger partial charge in [-0.3, -0.25) is 4.98 Å². The zero-order valence-corrected chi connectivity index (χ0v) is 19.9. The number of fused-ring (bicyclic) bond motifs is 1. The first-order valence-electron chi connectivity index (χ1n) is 10.5. The number of phenolic OH excluding ortho intramolecular Hbond substituents is 1. The van der Waals surface area contributed by atoms with Crippen LogP contribution in [0.15, 0.2) is 28.2 Å². The van der Waals surface area contributed by atoms with E-state index in [1.54, 1.807) is 6.92 Å². The Bertz CT molecular complexity index is 1140. The molecular weight excluding hydrogens is 408 g/mol. The second kappa shape index (κ2) is 7.69. The molecule has 1 unspecified atom stereocenters. The van der Waals surface area contributed by atoms with Gasteiger partial charge in [0, 0.05) is 11.3 Å². The molecule has 0 radical (unpaired) electrons. The number of nitrogen functional groups attached to an aromatic ring is 1. The van der Waals surface area contributed by atoms with E-state index in [0.717, 1.165) is 16.7 Å². The number of nitrogens with two attached hydrogens (primary N) is 1. The first-order valence-corrected chi connectivity index (χ1v) is 10.5. The fourth-order valence-corrected chi connectivity index (χ4v) is 4.17. The van der Waals surface area contributed by atoms with E-state index in [4.69, 9.17) is 10.5 Å². The third-order valence-electron chi connectivity index (χ3n) is 5.77. The van der Waals surface area contributed by atoms with Crippen LogP contribution >= 0.6 is 0 Å². The molecule has 3 rings (SSSR count). The summed E-state index contributed by atoms with van der Waals surface area (Å²) in [6.45, 7) is 13.8. The number of carbonyl (C=O) groups excluding carboxylic acids is 1. The first-order chi connectivity index (χ1) is 14.7. The number of phenols is 1. The maximum Gasteiger partial charge on any atom is 0.348 e. The van der Waals surface area contributed by atoms with E-state index in [1.807, 2.05) is 53.7 Å². The number of nitrogens with zero attached hydrogens (tertiary/aromatic N) is 1. The fourth-order valence-electron chi connectivity index (χ4n) is 4.17. The summed E-state index contributed by atoms with van der Waals surface area (Å²) in [5.74, 6) is -0.515. The van der Waals surface area contributed by atoms with Gasteiger partial charge in [-0.15, -0.1) is 0 Å². The molecule has 1 aromatic carbocycles. The van der Waals surface area contributed by atoms with Crippen LogP contribution in [-0.2, 0) is 20.4 Å². The highest BCUT2D eigenvalue weighted by Gasteiger charge is 2.38. The van der Waals surface area contributed by atoms with Crippen LogP contribution in [0.4, 0.5) is 11.6 Å². The first kappa shape index (κ1) is 23.4. The average Bonchev–Trinajstić information content (AvgIpc) is 2.64. The lowest BCUT2D eigenvalue weighted by atomic mass is 9.74. The normalized spacial score (nSPS) is 16.4. The minimum Gasteiger partial charge on any atom is -0.507 e. The largest absolute Gasteiger partial charge is 0.507 e. The summed E-state index contributed by atoms with van der Waals surface area (Å²) < 4.78 is 5.09. The highest BCUT2D eigenvalue weighted by Crippen LogP contribution is 2.47. The molecule has 0 spiro atoms. The van der Waals surface area contributed by atoms with Gasteiger partial charge in [0.05, 0.1) is 18.6 Å². The Kier molecular flexibility index (Phi) is 5.62. The van der Waals surface area contributed by atoms with Crippen molar-refractivity contribution in [2.45, 2.75) is 65.2 Å². The average molecular weight is 441 g/mol. The van der Waals surface area contributed by atoms with Crippen molar-refractivity contribution < 1.29 is 14.6 Å². The SMILES string of the molecule is COC(=O)C1=C(C)Nc2nc(=O)[nH]c(N)c2C1c1cc(C(C)(C)C)c(O)c(C(C)(C)C)c1. The number of hydrogen-bond donors (Lipinski definition) is 4. The van der Waals surface area contributed by atoms with Crippen LogP contribution in [-0.4, -0.2) is 28.2 Å². The van der Waals surface area contributed by atoms with E-state index in [0.29, 0.717) is 22.7 Å². The van der Waals surface area contributed by atoms with Gasteiger partial charge in [0.25, 0.3) is 0 Å². The van der Waals surface area contributed by atoms with Crippen molar-refractivity contribution in [1.82, 2.24) is 9.97 Å². The van der Waals surface area contributed by atoms with Crippen molar-refractivity contribution in [3.8, 4) is 5.75 Å². The molecule has 0 saturated heterocycles. The zero-order valence-electron chi connectivity index (χ0n) is 19.9. The van der Waals surface area contributed by atoms with Crippen molar-refractivity contribution in [1.29, 1.82) is 0 Å². The van der Waals surface area contributed by atoms with Crippen LogP contribution in [0.25, 0.3) is 0 Å². The number of ether oxygens (including phenoxy) is 1.